The maximum Gasteiger partial charge on any atom is 0.123 e. The Balaban J connectivity index is 1.89. The summed E-state index contributed by atoms with van der Waals surface area (Å²) in [6.45, 7) is 2.75. The lowest BCUT2D eigenvalue weighted by Gasteiger charge is -2.13. The fraction of sp³-hybridized carbons (Fsp3) is 0.250. The summed E-state index contributed by atoms with van der Waals surface area (Å²) in [6.07, 6.45) is -0.706. The number of rotatable bonds is 5. The number of aryl methyl sites for hydroxylation is 1. The zero-order valence-electron chi connectivity index (χ0n) is 11.3. The molecule has 1 atom stereocenters. The first-order valence-electron chi connectivity index (χ1n) is 6.49. The van der Waals surface area contributed by atoms with Gasteiger partial charge >= 0.3 is 0 Å². The van der Waals surface area contributed by atoms with Crippen molar-refractivity contribution in [3.63, 3.8) is 0 Å². The van der Waals surface area contributed by atoms with Gasteiger partial charge in [0.1, 0.15) is 11.6 Å². The van der Waals surface area contributed by atoms with Crippen LogP contribution in [0.3, 0.4) is 0 Å². The van der Waals surface area contributed by atoms with Gasteiger partial charge in [-0.1, -0.05) is 29.8 Å². The second-order valence-electron chi connectivity index (χ2n) is 4.83. The minimum absolute atomic E-state index is 0.236. The summed E-state index contributed by atoms with van der Waals surface area (Å²) in [5, 5.41) is 22.7. The molecule has 0 fully saturated rings. The monoisotopic (exact) mass is 275 g/mol. The highest BCUT2D eigenvalue weighted by atomic mass is 19.1. The van der Waals surface area contributed by atoms with Gasteiger partial charge in [-0.3, -0.25) is 0 Å². The van der Waals surface area contributed by atoms with Crippen molar-refractivity contribution in [1.29, 1.82) is 0 Å². The van der Waals surface area contributed by atoms with Crippen molar-refractivity contribution in [1.82, 2.24) is 5.32 Å². The van der Waals surface area contributed by atoms with Gasteiger partial charge in [-0.05, 0) is 30.7 Å². The molecule has 1 unspecified atom stereocenters. The molecule has 20 heavy (non-hydrogen) atoms. The normalized spacial score (nSPS) is 12.3. The predicted molar refractivity (Wildman–Crippen MR) is 75.9 cm³/mol. The summed E-state index contributed by atoms with van der Waals surface area (Å²) in [6, 6.07) is 11.2. The largest absolute Gasteiger partial charge is 0.508 e. The molecule has 2 rings (SSSR count). The molecule has 106 valence electrons. The maximum absolute atomic E-state index is 12.8. The molecule has 0 bridgehead atoms. The van der Waals surface area contributed by atoms with E-state index in [0.717, 1.165) is 11.1 Å². The quantitative estimate of drug-likeness (QED) is 0.786. The first-order valence-corrected chi connectivity index (χ1v) is 6.49. The standard InChI is InChI=1S/C16H18FNO2/c1-11-2-7-15(19)13(8-11)9-18-10-16(20)12-3-5-14(17)6-4-12/h2-8,16,18-20H,9-10H2,1H3. The van der Waals surface area contributed by atoms with Crippen molar-refractivity contribution in [3.8, 4) is 5.75 Å². The molecular weight excluding hydrogens is 257 g/mol. The highest BCUT2D eigenvalue weighted by Gasteiger charge is 2.08. The van der Waals surface area contributed by atoms with Crippen LogP contribution in [0.25, 0.3) is 0 Å². The Bertz CT molecular complexity index is 569. The van der Waals surface area contributed by atoms with Crippen LogP contribution in [0.4, 0.5) is 4.39 Å². The minimum atomic E-state index is -0.706. The van der Waals surface area contributed by atoms with Crippen molar-refractivity contribution >= 4 is 0 Å². The van der Waals surface area contributed by atoms with Crippen LogP contribution < -0.4 is 5.32 Å². The summed E-state index contributed by atoms with van der Waals surface area (Å²) in [7, 11) is 0. The van der Waals surface area contributed by atoms with Crippen molar-refractivity contribution in [2.75, 3.05) is 6.54 Å². The molecule has 0 saturated heterocycles. The molecule has 0 aliphatic carbocycles. The second-order valence-corrected chi connectivity index (χ2v) is 4.83. The molecule has 0 saturated carbocycles. The molecule has 3 N–H and O–H groups in total. The van der Waals surface area contributed by atoms with Crippen molar-refractivity contribution < 1.29 is 14.6 Å². The van der Waals surface area contributed by atoms with E-state index in [9.17, 15) is 14.6 Å². The van der Waals surface area contributed by atoms with Crippen molar-refractivity contribution in [2.45, 2.75) is 19.6 Å². The number of phenolic OH excluding ortho intramolecular Hbond substituents is 1. The van der Waals surface area contributed by atoms with Crippen LogP contribution in [-0.4, -0.2) is 16.8 Å². The molecule has 0 aliphatic rings. The minimum Gasteiger partial charge on any atom is -0.508 e. The number of phenols is 1. The Hall–Kier alpha value is -1.91. The molecule has 0 heterocycles. The van der Waals surface area contributed by atoms with Gasteiger partial charge in [0, 0.05) is 18.7 Å². The third-order valence-electron chi connectivity index (χ3n) is 3.14. The van der Waals surface area contributed by atoms with Gasteiger partial charge < -0.3 is 15.5 Å². The van der Waals surface area contributed by atoms with Crippen LogP contribution >= 0.6 is 0 Å². The van der Waals surface area contributed by atoms with Gasteiger partial charge in [0.2, 0.25) is 0 Å². The van der Waals surface area contributed by atoms with Crippen molar-refractivity contribution in [3.05, 3.63) is 65.0 Å². The van der Waals surface area contributed by atoms with E-state index in [1.807, 2.05) is 19.1 Å². The average molecular weight is 275 g/mol. The number of aromatic hydroxyl groups is 1. The Morgan fingerprint density at radius 2 is 1.85 bits per heavy atom. The third-order valence-corrected chi connectivity index (χ3v) is 3.14. The van der Waals surface area contributed by atoms with Crippen LogP contribution in [0.1, 0.15) is 22.8 Å². The Kier molecular flexibility index (Phi) is 4.71. The van der Waals surface area contributed by atoms with Gasteiger partial charge in [-0.15, -0.1) is 0 Å². The first-order chi connectivity index (χ1) is 9.56. The highest BCUT2D eigenvalue weighted by molar-refractivity contribution is 5.35. The molecule has 0 spiro atoms. The molecule has 0 aromatic heterocycles. The molecule has 2 aromatic carbocycles. The van der Waals surface area contributed by atoms with Gasteiger partial charge in [0.25, 0.3) is 0 Å². The van der Waals surface area contributed by atoms with Crippen LogP contribution in [0.2, 0.25) is 0 Å². The zero-order valence-corrected chi connectivity index (χ0v) is 11.3. The fourth-order valence-electron chi connectivity index (χ4n) is 2.00. The summed E-state index contributed by atoms with van der Waals surface area (Å²) in [4.78, 5) is 0. The number of hydrogen-bond donors (Lipinski definition) is 3. The van der Waals surface area contributed by atoms with E-state index in [1.54, 1.807) is 18.2 Å². The van der Waals surface area contributed by atoms with Gasteiger partial charge in [-0.2, -0.15) is 0 Å². The summed E-state index contributed by atoms with van der Waals surface area (Å²) in [5.41, 5.74) is 2.52. The first kappa shape index (κ1) is 14.5. The molecule has 4 heteroatoms. The van der Waals surface area contributed by atoms with E-state index in [-0.39, 0.29) is 11.6 Å². The van der Waals surface area contributed by atoms with E-state index in [4.69, 9.17) is 0 Å². The Morgan fingerprint density at radius 1 is 1.15 bits per heavy atom. The summed E-state index contributed by atoms with van der Waals surface area (Å²) >= 11 is 0. The predicted octanol–water partition coefficient (Wildman–Crippen LogP) is 2.66. The SMILES string of the molecule is Cc1ccc(O)c(CNCC(O)c2ccc(F)cc2)c1. The van der Waals surface area contributed by atoms with Crippen LogP contribution in [-0.2, 0) is 6.54 Å². The van der Waals surface area contributed by atoms with Gasteiger partial charge in [0.05, 0.1) is 6.10 Å². The third kappa shape index (κ3) is 3.79. The molecule has 0 aliphatic heterocycles. The number of nitrogens with one attached hydrogen (secondary N) is 1. The van der Waals surface area contributed by atoms with E-state index in [0.29, 0.717) is 18.7 Å². The van der Waals surface area contributed by atoms with Gasteiger partial charge in [0.15, 0.2) is 0 Å². The topological polar surface area (TPSA) is 52.5 Å². The molecule has 3 nitrogen and oxygen atoms in total. The Labute approximate surface area is 117 Å². The number of halogens is 1. The zero-order chi connectivity index (χ0) is 14.5. The molecule has 2 aromatic rings. The van der Waals surface area contributed by atoms with E-state index in [1.165, 1.54) is 12.1 Å². The van der Waals surface area contributed by atoms with E-state index >= 15 is 0 Å². The maximum atomic E-state index is 12.8. The lowest BCUT2D eigenvalue weighted by atomic mass is 10.1. The summed E-state index contributed by atoms with van der Waals surface area (Å²) < 4.78 is 12.8. The number of hydrogen-bond acceptors (Lipinski definition) is 3. The van der Waals surface area contributed by atoms with Crippen LogP contribution in [0.15, 0.2) is 42.5 Å². The van der Waals surface area contributed by atoms with E-state index < -0.39 is 6.10 Å². The molecule has 0 radical (unpaired) electrons. The fourth-order valence-corrected chi connectivity index (χ4v) is 2.00. The van der Waals surface area contributed by atoms with Crippen LogP contribution in [0, 0.1) is 12.7 Å². The average Bonchev–Trinajstić information content (AvgIpc) is 2.43. The van der Waals surface area contributed by atoms with Gasteiger partial charge in [-0.25, -0.2) is 4.39 Å². The van der Waals surface area contributed by atoms with Crippen molar-refractivity contribution in [2.24, 2.45) is 0 Å². The number of benzene rings is 2. The lowest BCUT2D eigenvalue weighted by molar-refractivity contribution is 0.174. The number of aliphatic hydroxyl groups is 1. The summed E-state index contributed by atoms with van der Waals surface area (Å²) in [5.74, 6) is -0.0852. The Morgan fingerprint density at radius 3 is 2.55 bits per heavy atom. The van der Waals surface area contributed by atoms with Crippen LogP contribution in [0.5, 0.6) is 5.75 Å². The van der Waals surface area contributed by atoms with E-state index in [2.05, 4.69) is 5.32 Å². The highest BCUT2D eigenvalue weighted by Crippen LogP contribution is 2.18. The second kappa shape index (κ2) is 6.50. The molecular formula is C16H18FNO2. The number of aliphatic hydroxyl groups excluding tert-OH is 1. The smallest absolute Gasteiger partial charge is 0.123 e. The lowest BCUT2D eigenvalue weighted by Crippen LogP contribution is -2.21. The molecule has 0 amide bonds.